The third-order valence-electron chi connectivity index (χ3n) is 1.79. The standard InChI is InChI=1S/C8H14ClN3S/c1-3-13-5-7(10)8-6(9)4-11-12(8)2/h4,7H,3,5,10H2,1-2H3. The molecule has 0 bridgehead atoms. The first-order chi connectivity index (χ1) is 6.16. The molecule has 1 unspecified atom stereocenters. The summed E-state index contributed by atoms with van der Waals surface area (Å²) < 4.78 is 1.74. The molecule has 1 atom stereocenters. The van der Waals surface area contributed by atoms with Crippen LogP contribution in [0.4, 0.5) is 0 Å². The topological polar surface area (TPSA) is 43.8 Å². The van der Waals surface area contributed by atoms with E-state index in [1.54, 1.807) is 10.9 Å². The largest absolute Gasteiger partial charge is 0.322 e. The number of nitrogens with zero attached hydrogens (tertiary/aromatic N) is 2. The van der Waals surface area contributed by atoms with Gasteiger partial charge in [-0.05, 0) is 5.75 Å². The van der Waals surface area contributed by atoms with Crippen LogP contribution < -0.4 is 5.73 Å². The number of rotatable bonds is 4. The van der Waals surface area contributed by atoms with Crippen LogP contribution in [0.15, 0.2) is 6.20 Å². The van der Waals surface area contributed by atoms with Crippen molar-refractivity contribution in [2.45, 2.75) is 13.0 Å². The third-order valence-corrected chi connectivity index (χ3v) is 3.08. The Morgan fingerprint density at radius 1 is 1.77 bits per heavy atom. The first-order valence-electron chi connectivity index (χ1n) is 4.17. The number of thioether (sulfide) groups is 1. The van der Waals surface area contributed by atoms with Crippen molar-refractivity contribution >= 4 is 23.4 Å². The highest BCUT2D eigenvalue weighted by Gasteiger charge is 2.14. The number of halogens is 1. The highest BCUT2D eigenvalue weighted by atomic mass is 35.5. The summed E-state index contributed by atoms with van der Waals surface area (Å²) >= 11 is 7.75. The summed E-state index contributed by atoms with van der Waals surface area (Å²) in [7, 11) is 1.86. The summed E-state index contributed by atoms with van der Waals surface area (Å²) in [5, 5.41) is 4.70. The van der Waals surface area contributed by atoms with Crippen molar-refractivity contribution < 1.29 is 0 Å². The Labute approximate surface area is 87.6 Å². The Morgan fingerprint density at radius 3 is 2.92 bits per heavy atom. The molecular formula is C8H14ClN3S. The van der Waals surface area contributed by atoms with Crippen LogP contribution in [0.1, 0.15) is 18.7 Å². The third kappa shape index (κ3) is 2.62. The smallest absolute Gasteiger partial charge is 0.0834 e. The van der Waals surface area contributed by atoms with Crippen LogP contribution in [0, 0.1) is 0 Å². The minimum atomic E-state index is -0.0232. The Hall–Kier alpha value is -0.190. The molecule has 0 aliphatic rings. The molecule has 1 aromatic heterocycles. The molecule has 0 saturated carbocycles. The van der Waals surface area contributed by atoms with E-state index in [1.165, 1.54) is 0 Å². The van der Waals surface area contributed by atoms with Crippen molar-refractivity contribution in [1.82, 2.24) is 9.78 Å². The summed E-state index contributed by atoms with van der Waals surface area (Å²) in [6, 6.07) is -0.0232. The molecule has 0 aromatic carbocycles. The minimum Gasteiger partial charge on any atom is -0.322 e. The van der Waals surface area contributed by atoms with E-state index in [-0.39, 0.29) is 6.04 Å². The first kappa shape index (κ1) is 10.9. The van der Waals surface area contributed by atoms with E-state index < -0.39 is 0 Å². The Kier molecular flexibility index (Phi) is 4.09. The van der Waals surface area contributed by atoms with E-state index in [4.69, 9.17) is 17.3 Å². The van der Waals surface area contributed by atoms with E-state index in [1.807, 2.05) is 18.8 Å². The van der Waals surface area contributed by atoms with Crippen LogP contribution in [0.3, 0.4) is 0 Å². The lowest BCUT2D eigenvalue weighted by atomic mass is 10.2. The minimum absolute atomic E-state index is 0.0232. The number of nitrogens with two attached hydrogens (primary N) is 1. The van der Waals surface area contributed by atoms with E-state index >= 15 is 0 Å². The van der Waals surface area contributed by atoms with Crippen molar-refractivity contribution in [3.63, 3.8) is 0 Å². The molecule has 3 nitrogen and oxygen atoms in total. The number of aryl methyl sites for hydroxylation is 1. The quantitative estimate of drug-likeness (QED) is 0.841. The second-order valence-corrected chi connectivity index (χ2v) is 4.49. The van der Waals surface area contributed by atoms with Gasteiger partial charge in [0.2, 0.25) is 0 Å². The average molecular weight is 220 g/mol. The lowest BCUT2D eigenvalue weighted by Gasteiger charge is -2.11. The fraction of sp³-hybridized carbons (Fsp3) is 0.625. The molecule has 1 rings (SSSR count). The molecule has 5 heteroatoms. The maximum absolute atomic E-state index is 5.96. The molecule has 0 radical (unpaired) electrons. The zero-order valence-corrected chi connectivity index (χ0v) is 9.40. The molecule has 0 fully saturated rings. The van der Waals surface area contributed by atoms with Crippen molar-refractivity contribution in [1.29, 1.82) is 0 Å². The molecule has 0 aliphatic carbocycles. The summed E-state index contributed by atoms with van der Waals surface area (Å²) in [5.41, 5.74) is 6.88. The highest BCUT2D eigenvalue weighted by molar-refractivity contribution is 7.99. The SMILES string of the molecule is CCSCC(N)c1c(Cl)cnn1C. The van der Waals surface area contributed by atoms with Crippen LogP contribution in [0.5, 0.6) is 0 Å². The van der Waals surface area contributed by atoms with Crippen LogP contribution in [0.2, 0.25) is 5.02 Å². The summed E-state index contributed by atoms with van der Waals surface area (Å²) in [6.45, 7) is 2.11. The zero-order valence-electron chi connectivity index (χ0n) is 7.83. The van der Waals surface area contributed by atoms with Gasteiger partial charge in [0.15, 0.2) is 0 Å². The van der Waals surface area contributed by atoms with Gasteiger partial charge < -0.3 is 5.73 Å². The van der Waals surface area contributed by atoms with Crippen LogP contribution >= 0.6 is 23.4 Å². The van der Waals surface area contributed by atoms with Gasteiger partial charge in [-0.25, -0.2) is 0 Å². The van der Waals surface area contributed by atoms with Crippen molar-refractivity contribution in [3.05, 3.63) is 16.9 Å². The maximum atomic E-state index is 5.96. The average Bonchev–Trinajstić information content (AvgIpc) is 2.42. The van der Waals surface area contributed by atoms with Gasteiger partial charge in [0.1, 0.15) is 0 Å². The zero-order chi connectivity index (χ0) is 9.84. The van der Waals surface area contributed by atoms with Crippen LogP contribution in [-0.2, 0) is 7.05 Å². The van der Waals surface area contributed by atoms with Gasteiger partial charge in [-0.2, -0.15) is 16.9 Å². The Morgan fingerprint density at radius 2 is 2.46 bits per heavy atom. The molecule has 2 N–H and O–H groups in total. The predicted molar refractivity (Wildman–Crippen MR) is 58.1 cm³/mol. The molecular weight excluding hydrogens is 206 g/mol. The Balaban J connectivity index is 2.69. The van der Waals surface area contributed by atoms with Gasteiger partial charge in [0.25, 0.3) is 0 Å². The second kappa shape index (κ2) is 4.88. The normalized spacial score (nSPS) is 13.2. The van der Waals surface area contributed by atoms with Gasteiger partial charge in [-0.15, -0.1) is 0 Å². The number of hydrogen-bond donors (Lipinski definition) is 1. The maximum Gasteiger partial charge on any atom is 0.0834 e. The molecule has 0 spiro atoms. The summed E-state index contributed by atoms with van der Waals surface area (Å²) in [6.07, 6.45) is 1.63. The first-order valence-corrected chi connectivity index (χ1v) is 5.70. The van der Waals surface area contributed by atoms with E-state index in [0.29, 0.717) is 5.02 Å². The predicted octanol–water partition coefficient (Wildman–Crippen LogP) is 1.83. The van der Waals surface area contributed by atoms with E-state index in [2.05, 4.69) is 12.0 Å². The van der Waals surface area contributed by atoms with Crippen molar-refractivity contribution in [3.8, 4) is 0 Å². The molecule has 0 aliphatic heterocycles. The lowest BCUT2D eigenvalue weighted by molar-refractivity contribution is 0.659. The molecule has 1 heterocycles. The summed E-state index contributed by atoms with van der Waals surface area (Å²) in [4.78, 5) is 0. The monoisotopic (exact) mass is 219 g/mol. The lowest BCUT2D eigenvalue weighted by Crippen LogP contribution is -2.17. The van der Waals surface area contributed by atoms with Crippen molar-refractivity contribution in [2.75, 3.05) is 11.5 Å². The van der Waals surface area contributed by atoms with E-state index in [9.17, 15) is 0 Å². The molecule has 0 amide bonds. The van der Waals surface area contributed by atoms with Gasteiger partial charge in [-0.1, -0.05) is 18.5 Å². The fourth-order valence-corrected chi connectivity index (χ4v) is 2.11. The Bertz CT molecular complexity index is 255. The second-order valence-electron chi connectivity index (χ2n) is 2.77. The van der Waals surface area contributed by atoms with Crippen molar-refractivity contribution in [2.24, 2.45) is 12.8 Å². The van der Waals surface area contributed by atoms with Gasteiger partial charge in [-0.3, -0.25) is 4.68 Å². The highest BCUT2D eigenvalue weighted by Crippen LogP contribution is 2.22. The summed E-state index contributed by atoms with van der Waals surface area (Å²) in [5.74, 6) is 1.96. The van der Waals surface area contributed by atoms with Crippen LogP contribution in [0.25, 0.3) is 0 Å². The van der Waals surface area contributed by atoms with Gasteiger partial charge in [0.05, 0.1) is 23.0 Å². The number of aromatic nitrogens is 2. The molecule has 1 aromatic rings. The fourth-order valence-electron chi connectivity index (χ4n) is 1.16. The molecule has 74 valence electrons. The van der Waals surface area contributed by atoms with E-state index in [0.717, 1.165) is 17.2 Å². The van der Waals surface area contributed by atoms with Crippen LogP contribution in [-0.4, -0.2) is 21.3 Å². The number of hydrogen-bond acceptors (Lipinski definition) is 3. The molecule has 0 saturated heterocycles. The van der Waals surface area contributed by atoms with Gasteiger partial charge >= 0.3 is 0 Å². The van der Waals surface area contributed by atoms with Gasteiger partial charge in [0, 0.05) is 12.8 Å². The molecule has 13 heavy (non-hydrogen) atoms.